The van der Waals surface area contributed by atoms with Crippen LogP contribution in [0.4, 0.5) is 11.6 Å². The van der Waals surface area contributed by atoms with Crippen LogP contribution in [-0.2, 0) is 86.4 Å². The topological polar surface area (TPSA) is 508 Å². The molecular formula is C51H75ClN11O26P4+. The van der Waals surface area contributed by atoms with Gasteiger partial charge in [-0.3, -0.25) is 79.5 Å². The van der Waals surface area contributed by atoms with Gasteiger partial charge in [0, 0.05) is 60.9 Å². The number of aromatic nitrogens is 8. The molecule has 7 heterocycles. The number of fused-ring (bicyclic) bond motifs is 1. The molecule has 3 aliphatic heterocycles. The molecule has 14 atom stereocenters. The number of carboxylic acids is 1. The van der Waals surface area contributed by atoms with Crippen LogP contribution < -0.4 is 49.0 Å². The summed E-state index contributed by atoms with van der Waals surface area (Å²) in [7, 11) is -20.8. The highest BCUT2D eigenvalue weighted by Gasteiger charge is 2.50. The first-order chi connectivity index (χ1) is 43.2. The van der Waals surface area contributed by atoms with E-state index in [2.05, 4.69) is 19.9 Å². The fourth-order valence-corrected chi connectivity index (χ4v) is 14.8. The molecule has 516 valence electrons. The monoisotopic (exact) mass is 1420 g/mol. The molecule has 0 bridgehead atoms. The molecule has 1 aromatic carbocycles. The third kappa shape index (κ3) is 19.6. The summed E-state index contributed by atoms with van der Waals surface area (Å²) < 4.78 is 121. The Morgan fingerprint density at radius 3 is 1.56 bits per heavy atom. The van der Waals surface area contributed by atoms with Crippen LogP contribution in [-0.4, -0.2) is 157 Å². The predicted octanol–water partition coefficient (Wildman–Crippen LogP) is 2.11. The van der Waals surface area contributed by atoms with E-state index in [1.54, 1.807) is 24.3 Å². The quantitative estimate of drug-likeness (QED) is 0.0186. The van der Waals surface area contributed by atoms with Crippen molar-refractivity contribution in [1.29, 1.82) is 0 Å². The lowest BCUT2D eigenvalue weighted by Gasteiger charge is -2.27. The molecule has 0 radical (unpaired) electrons. The number of hydrogen-bond donors (Lipinski definition) is 10. The number of imidazole rings is 1. The van der Waals surface area contributed by atoms with Gasteiger partial charge in [-0.25, -0.2) is 32.4 Å². The van der Waals surface area contributed by atoms with Crippen molar-refractivity contribution in [3.63, 3.8) is 0 Å². The van der Waals surface area contributed by atoms with Gasteiger partial charge in [0.25, 0.3) is 22.3 Å². The van der Waals surface area contributed by atoms with E-state index in [9.17, 15) is 71.7 Å². The standard InChI is InChI=1S/C51H74ClN11O26P4/c1-27-21-61(48(69)57-43(27)64)38-18-32(37(83-38)25-81-92(75,76)88-50(3,4)5)85-90(71,72)79-23-35-33(86-91(73,74)80-24-36-34(87-93(77,78)89-51(6,7)8)19-39(82-36)62-22-28(2)44(65)58-49(62)70)20-40(84-35)63-26-60(41-42(63)55-47(54)56-45(41)66)16-15-59(14-13-52)30-11-9-29(10-12-30)17-31(53)46(67)68/h9-12,21-22,26,31-40H,13-20,23-25,53H2,1-8H3,(H9-,54,55,56,57,58,64,65,66,67,68,69,70,71,72,73,74,75,76,77,78)/p+1/t31-,32?,33?,34?,35+,36+,37+,38+,39+,40+/m0/s1. The van der Waals surface area contributed by atoms with E-state index in [1.165, 1.54) is 70.9 Å². The number of halogens is 1. The number of anilines is 2. The molecule has 0 amide bonds. The Labute approximate surface area is 533 Å². The minimum Gasteiger partial charge on any atom is -0.480 e. The maximum absolute atomic E-state index is 14.3. The van der Waals surface area contributed by atoms with Crippen molar-refractivity contribution in [1.82, 2.24) is 33.6 Å². The number of aromatic amines is 3. The number of nitrogens with zero attached hydrogens (tertiary/aromatic N) is 6. The first-order valence-electron chi connectivity index (χ1n) is 28.7. The van der Waals surface area contributed by atoms with E-state index >= 15 is 0 Å². The first-order valence-corrected chi connectivity index (χ1v) is 35.2. The zero-order chi connectivity index (χ0) is 68.5. The zero-order valence-electron chi connectivity index (χ0n) is 51.4. The highest BCUT2D eigenvalue weighted by Crippen LogP contribution is 2.55. The Balaban J connectivity index is 1.08. The van der Waals surface area contributed by atoms with Crippen molar-refractivity contribution in [2.24, 2.45) is 5.73 Å². The molecule has 8 rings (SSSR count). The van der Waals surface area contributed by atoms with Crippen LogP contribution >= 0.6 is 42.9 Å². The van der Waals surface area contributed by atoms with E-state index in [1.807, 2.05) is 4.90 Å². The first kappa shape index (κ1) is 73.4. The van der Waals surface area contributed by atoms with Gasteiger partial charge in [-0.2, -0.15) is 9.55 Å². The van der Waals surface area contributed by atoms with Crippen LogP contribution in [0.15, 0.2) is 67.0 Å². The van der Waals surface area contributed by atoms with Crippen molar-refractivity contribution in [2.75, 3.05) is 49.4 Å². The van der Waals surface area contributed by atoms with Crippen LogP contribution in [0.25, 0.3) is 11.2 Å². The van der Waals surface area contributed by atoms with Gasteiger partial charge in [0.2, 0.25) is 18.5 Å². The van der Waals surface area contributed by atoms with Crippen molar-refractivity contribution in [3.8, 4) is 0 Å². The molecule has 12 N–H and O–H groups in total. The Bertz CT molecular complexity index is 4040. The van der Waals surface area contributed by atoms with Crippen molar-refractivity contribution < 1.29 is 103 Å². The van der Waals surface area contributed by atoms with E-state index in [4.69, 9.17) is 73.5 Å². The number of aryl methyl sites for hydroxylation is 2. The summed E-state index contributed by atoms with van der Waals surface area (Å²) in [6.07, 6.45) is -11.2. The average molecular weight is 1420 g/mol. The number of carbonyl (C=O) groups is 1. The molecule has 4 aromatic heterocycles. The van der Waals surface area contributed by atoms with Crippen molar-refractivity contribution in [3.05, 3.63) is 112 Å². The fraction of sp³-hybridized carbons (Fsp3) is 0.608. The van der Waals surface area contributed by atoms with Crippen LogP contribution in [0, 0.1) is 13.8 Å². The number of carboxylic acid groups (broad SMARTS) is 1. The second kappa shape index (κ2) is 29.1. The van der Waals surface area contributed by atoms with Crippen molar-refractivity contribution in [2.45, 2.75) is 160 Å². The molecule has 42 heteroatoms. The van der Waals surface area contributed by atoms with E-state index in [0.29, 0.717) is 17.8 Å². The zero-order valence-corrected chi connectivity index (χ0v) is 55.7. The molecule has 3 fully saturated rings. The number of nitrogen functional groups attached to an aromatic ring is 1. The number of nitrogens with one attached hydrogen (secondary N) is 3. The molecule has 5 aromatic rings. The smallest absolute Gasteiger partial charge is 0.473 e. The number of phosphoric ester groups is 4. The number of alkyl halides is 1. The molecule has 3 saturated heterocycles. The van der Waals surface area contributed by atoms with E-state index < -0.39 is 171 Å². The van der Waals surface area contributed by atoms with E-state index in [0.717, 1.165) is 21.5 Å². The third-order valence-electron chi connectivity index (χ3n) is 14.3. The average Bonchev–Trinajstić information content (AvgIpc) is 1.63. The maximum atomic E-state index is 14.3. The minimum absolute atomic E-state index is 0.0393. The van der Waals surface area contributed by atoms with Crippen LogP contribution in [0.5, 0.6) is 0 Å². The van der Waals surface area contributed by atoms with Gasteiger partial charge in [-0.05, 0) is 79.5 Å². The van der Waals surface area contributed by atoms with Gasteiger partial charge >= 0.3 is 54.2 Å². The number of benzene rings is 1. The Morgan fingerprint density at radius 1 is 0.688 bits per heavy atom. The number of nitrogens with two attached hydrogens (primary N) is 2. The number of phosphoric acid groups is 4. The Hall–Kier alpha value is -5.43. The summed E-state index contributed by atoms with van der Waals surface area (Å²) in [6.45, 7) is 9.25. The lowest BCUT2D eigenvalue weighted by Crippen LogP contribution is -2.43. The Kier molecular flexibility index (Phi) is 23.0. The molecular weight excluding hydrogens is 1340 g/mol. The summed E-state index contributed by atoms with van der Waals surface area (Å²) in [5.74, 6) is -1.37. The number of H-pyrrole nitrogens is 3. The summed E-state index contributed by atoms with van der Waals surface area (Å²) in [6, 6.07) is 5.77. The number of rotatable bonds is 29. The lowest BCUT2D eigenvalue weighted by molar-refractivity contribution is -0.670. The minimum atomic E-state index is -5.49. The molecule has 3 aliphatic rings. The Morgan fingerprint density at radius 2 is 1.12 bits per heavy atom. The predicted molar refractivity (Wildman–Crippen MR) is 325 cm³/mol. The summed E-state index contributed by atoms with van der Waals surface area (Å²) >= 11 is 6.25. The van der Waals surface area contributed by atoms with Gasteiger partial charge < -0.3 is 55.3 Å². The van der Waals surface area contributed by atoms with Crippen LogP contribution in [0.1, 0.15) is 96.2 Å². The molecule has 93 heavy (non-hydrogen) atoms. The normalized spacial score (nSPS) is 24.9. The van der Waals surface area contributed by atoms with Crippen LogP contribution in [0.3, 0.4) is 0 Å². The van der Waals surface area contributed by atoms with Gasteiger partial charge in [0.1, 0.15) is 61.7 Å². The second-order valence-electron chi connectivity index (χ2n) is 24.0. The summed E-state index contributed by atoms with van der Waals surface area (Å²) in [5, 5.41) is 9.33. The number of aliphatic carboxylic acids is 1. The third-order valence-corrected chi connectivity index (χ3v) is 19.0. The van der Waals surface area contributed by atoms with Crippen molar-refractivity contribution >= 4 is 71.7 Å². The number of hydrogen-bond acceptors (Lipinski definition) is 25. The van der Waals surface area contributed by atoms with Crippen LogP contribution in [0.2, 0.25) is 0 Å². The van der Waals surface area contributed by atoms with E-state index in [-0.39, 0.29) is 60.1 Å². The van der Waals surface area contributed by atoms with Gasteiger partial charge in [0.15, 0.2) is 0 Å². The molecule has 0 aliphatic carbocycles. The van der Waals surface area contributed by atoms with Gasteiger partial charge in [0.05, 0.1) is 37.6 Å². The molecule has 7 unspecified atom stereocenters. The maximum Gasteiger partial charge on any atom is 0.473 e. The summed E-state index contributed by atoms with van der Waals surface area (Å²) in [5.41, 5.74) is 6.64. The summed E-state index contributed by atoms with van der Waals surface area (Å²) in [4.78, 5) is 133. The SMILES string of the molecule is Cc1cn([C@H]2CC(OP(=O)(O)OC[C@H]3O[C@@H](n4c[n+](CCN(CCCl)c5ccc(C[C@H](N)C(=O)O)cc5)c5c(=O)[nH]c(N)nc54)CC3OP(=O)(O)OC[C@H]3O[C@@H](n4cc(C)c(=O)[nH]c4=O)CC3OP(=O)(O)OC(C)(C)C)[C@@H](COP(=O)(O)OC(C)(C)C)O2)c(=O)[nH]c1=O. The highest BCUT2D eigenvalue weighted by molar-refractivity contribution is 7.48. The largest absolute Gasteiger partial charge is 0.480 e. The number of ether oxygens (including phenoxy) is 3. The molecule has 0 spiro atoms. The van der Waals surface area contributed by atoms with Gasteiger partial charge in [-0.1, -0.05) is 12.1 Å². The molecule has 37 nitrogen and oxygen atoms in total. The molecule has 0 saturated carbocycles. The highest BCUT2D eigenvalue weighted by atomic mass is 35.5. The van der Waals surface area contributed by atoms with Gasteiger partial charge in [-0.15, -0.1) is 11.6 Å². The lowest BCUT2D eigenvalue weighted by atomic mass is 10.1. The fourth-order valence-electron chi connectivity index (χ4n) is 10.3. The second-order valence-corrected chi connectivity index (χ2v) is 29.9.